The fourth-order valence-electron chi connectivity index (χ4n) is 5.00. The maximum Gasteiger partial charge on any atom is 0.138 e. The molecule has 31 heavy (non-hydrogen) atoms. The molecule has 164 valence electrons. The van der Waals surface area contributed by atoms with Crippen molar-refractivity contribution < 1.29 is 4.74 Å². The lowest BCUT2D eigenvalue weighted by molar-refractivity contribution is 0.0645. The highest BCUT2D eigenvalue weighted by molar-refractivity contribution is 7.09. The molecule has 1 saturated carbocycles. The van der Waals surface area contributed by atoms with Crippen LogP contribution in [0.25, 0.3) is 5.65 Å². The molecule has 3 aromatic heterocycles. The van der Waals surface area contributed by atoms with Gasteiger partial charge in [0.05, 0.1) is 24.9 Å². The summed E-state index contributed by atoms with van der Waals surface area (Å²) in [6.07, 6.45) is 5.10. The summed E-state index contributed by atoms with van der Waals surface area (Å²) in [6, 6.07) is 11.3. The molecule has 1 unspecified atom stereocenters. The molecule has 7 heteroatoms. The molecule has 3 aromatic rings. The van der Waals surface area contributed by atoms with Crippen LogP contribution in [0.2, 0.25) is 0 Å². The Balaban J connectivity index is 1.29. The van der Waals surface area contributed by atoms with Crippen molar-refractivity contribution in [3.8, 4) is 0 Å². The van der Waals surface area contributed by atoms with Gasteiger partial charge in [-0.3, -0.25) is 14.2 Å². The molecule has 1 atom stereocenters. The van der Waals surface area contributed by atoms with E-state index < -0.39 is 0 Å². The number of piperazine rings is 1. The van der Waals surface area contributed by atoms with Gasteiger partial charge in [0.15, 0.2) is 0 Å². The van der Waals surface area contributed by atoms with E-state index in [0.717, 1.165) is 64.0 Å². The predicted molar refractivity (Wildman–Crippen MR) is 125 cm³/mol. The maximum absolute atomic E-state index is 5.57. The van der Waals surface area contributed by atoms with Gasteiger partial charge >= 0.3 is 0 Å². The fourth-order valence-corrected chi connectivity index (χ4v) is 5.75. The van der Waals surface area contributed by atoms with E-state index >= 15 is 0 Å². The number of nitrogens with zero attached hydrogens (tertiary/aromatic N) is 5. The van der Waals surface area contributed by atoms with Crippen molar-refractivity contribution in [2.45, 2.75) is 25.4 Å². The van der Waals surface area contributed by atoms with Crippen molar-refractivity contribution in [2.75, 3.05) is 57.4 Å². The molecule has 1 aliphatic carbocycles. The normalized spacial score (nSPS) is 23.6. The van der Waals surface area contributed by atoms with E-state index in [1.807, 2.05) is 11.3 Å². The van der Waals surface area contributed by atoms with E-state index in [4.69, 9.17) is 9.72 Å². The van der Waals surface area contributed by atoms with Crippen LogP contribution in [0.15, 0.2) is 41.9 Å². The first-order valence-electron chi connectivity index (χ1n) is 11.6. The summed E-state index contributed by atoms with van der Waals surface area (Å²) >= 11 is 1.87. The largest absolute Gasteiger partial charge is 0.378 e. The van der Waals surface area contributed by atoms with E-state index in [2.05, 4.69) is 61.0 Å². The fraction of sp³-hybridized carbons (Fsp3) is 0.542. The van der Waals surface area contributed by atoms with Gasteiger partial charge in [0, 0.05) is 56.9 Å². The van der Waals surface area contributed by atoms with Crippen LogP contribution >= 0.6 is 11.3 Å². The molecular formula is C24H31N5OS. The average Bonchev–Trinajstić information content (AvgIpc) is 3.29. The number of ether oxygens (including phenoxy) is 1. The van der Waals surface area contributed by atoms with Crippen molar-refractivity contribution in [3.63, 3.8) is 0 Å². The molecule has 2 saturated heterocycles. The van der Waals surface area contributed by atoms with Crippen molar-refractivity contribution in [2.24, 2.45) is 5.92 Å². The van der Waals surface area contributed by atoms with Gasteiger partial charge in [0.2, 0.25) is 0 Å². The van der Waals surface area contributed by atoms with Crippen LogP contribution < -0.4 is 4.90 Å². The molecule has 0 radical (unpaired) electrons. The third kappa shape index (κ3) is 4.24. The molecule has 3 fully saturated rings. The van der Waals surface area contributed by atoms with Gasteiger partial charge in [-0.1, -0.05) is 12.1 Å². The van der Waals surface area contributed by atoms with Gasteiger partial charge in [0.1, 0.15) is 11.5 Å². The van der Waals surface area contributed by atoms with Gasteiger partial charge in [-0.2, -0.15) is 0 Å². The lowest BCUT2D eigenvalue weighted by atomic mass is 10.1. The van der Waals surface area contributed by atoms with E-state index in [1.165, 1.54) is 35.8 Å². The standard InChI is InChI=1S/C24H31N5OS/c1-4-23-25-21(17-29(23)24(5-1)27-10-12-30-13-11-27)22-18-26(16-20-3-2-14-31-20)8-9-28(22)15-19-6-7-19/h1-5,14,17,19,22H,6-13,15-16,18H2. The first-order chi connectivity index (χ1) is 15.3. The number of fused-ring (bicyclic) bond motifs is 1. The van der Waals surface area contributed by atoms with Gasteiger partial charge in [0.25, 0.3) is 0 Å². The smallest absolute Gasteiger partial charge is 0.138 e. The predicted octanol–water partition coefficient (Wildman–Crippen LogP) is 3.50. The van der Waals surface area contributed by atoms with Gasteiger partial charge in [-0.15, -0.1) is 11.3 Å². The second-order valence-corrected chi connectivity index (χ2v) is 10.2. The van der Waals surface area contributed by atoms with Crippen LogP contribution in [0.4, 0.5) is 5.82 Å². The summed E-state index contributed by atoms with van der Waals surface area (Å²) in [5.41, 5.74) is 2.28. The first kappa shape index (κ1) is 19.7. The molecule has 0 aromatic carbocycles. The Kier molecular flexibility index (Phi) is 5.44. The molecule has 6 nitrogen and oxygen atoms in total. The summed E-state index contributed by atoms with van der Waals surface area (Å²) in [7, 11) is 0. The molecule has 3 aliphatic rings. The summed E-state index contributed by atoms with van der Waals surface area (Å²) in [4.78, 5) is 14.3. The Hall–Kier alpha value is -1.93. The van der Waals surface area contributed by atoms with E-state index in [1.54, 1.807) is 0 Å². The Bertz CT molecular complexity index is 1010. The summed E-state index contributed by atoms with van der Waals surface area (Å²) in [5, 5.41) is 2.19. The molecule has 6 rings (SSSR count). The van der Waals surface area contributed by atoms with Crippen LogP contribution in [0.1, 0.15) is 29.5 Å². The molecular weight excluding hydrogens is 406 g/mol. The van der Waals surface area contributed by atoms with Crippen molar-refractivity contribution in [3.05, 3.63) is 52.5 Å². The topological polar surface area (TPSA) is 36.2 Å². The maximum atomic E-state index is 5.57. The number of hydrogen-bond acceptors (Lipinski definition) is 6. The van der Waals surface area contributed by atoms with E-state index in [0.29, 0.717) is 6.04 Å². The second kappa shape index (κ2) is 8.54. The molecule has 0 amide bonds. The Labute approximate surface area is 188 Å². The lowest BCUT2D eigenvalue weighted by Crippen LogP contribution is -2.48. The third-order valence-electron chi connectivity index (χ3n) is 6.89. The van der Waals surface area contributed by atoms with Gasteiger partial charge in [-0.25, -0.2) is 4.98 Å². The summed E-state index contributed by atoms with van der Waals surface area (Å²) in [6.45, 7) is 9.10. The minimum atomic E-state index is 0.367. The third-order valence-corrected chi connectivity index (χ3v) is 7.75. The molecule has 0 bridgehead atoms. The van der Waals surface area contributed by atoms with Crippen molar-refractivity contribution >= 4 is 22.8 Å². The summed E-state index contributed by atoms with van der Waals surface area (Å²) in [5.74, 6) is 2.13. The Morgan fingerprint density at radius 1 is 1.03 bits per heavy atom. The minimum absolute atomic E-state index is 0.367. The zero-order valence-electron chi connectivity index (χ0n) is 18.0. The monoisotopic (exact) mass is 437 g/mol. The van der Waals surface area contributed by atoms with E-state index in [9.17, 15) is 0 Å². The molecule has 2 aliphatic heterocycles. The Morgan fingerprint density at radius 3 is 2.74 bits per heavy atom. The number of imidazole rings is 1. The van der Waals surface area contributed by atoms with Gasteiger partial charge < -0.3 is 9.64 Å². The highest BCUT2D eigenvalue weighted by atomic mass is 32.1. The summed E-state index contributed by atoms with van der Waals surface area (Å²) < 4.78 is 7.87. The molecule has 0 spiro atoms. The highest BCUT2D eigenvalue weighted by Crippen LogP contribution is 2.35. The van der Waals surface area contributed by atoms with Crippen LogP contribution in [-0.2, 0) is 11.3 Å². The van der Waals surface area contributed by atoms with Crippen molar-refractivity contribution in [1.29, 1.82) is 0 Å². The van der Waals surface area contributed by atoms with E-state index in [-0.39, 0.29) is 0 Å². The van der Waals surface area contributed by atoms with Crippen molar-refractivity contribution in [1.82, 2.24) is 19.2 Å². The average molecular weight is 438 g/mol. The number of anilines is 1. The SMILES string of the molecule is c1csc(CN2CCN(CC3CC3)C(c3cn4c(N5CCOCC5)cccc4n3)C2)c1. The molecule has 5 heterocycles. The van der Waals surface area contributed by atoms with Crippen LogP contribution in [0.5, 0.6) is 0 Å². The first-order valence-corrected chi connectivity index (χ1v) is 12.5. The van der Waals surface area contributed by atoms with Crippen LogP contribution in [0, 0.1) is 5.92 Å². The minimum Gasteiger partial charge on any atom is -0.378 e. The number of pyridine rings is 1. The molecule has 0 N–H and O–H groups in total. The number of hydrogen-bond donors (Lipinski definition) is 0. The second-order valence-electron chi connectivity index (χ2n) is 9.15. The highest BCUT2D eigenvalue weighted by Gasteiger charge is 2.34. The number of rotatable bonds is 6. The zero-order valence-corrected chi connectivity index (χ0v) is 18.8. The number of aromatic nitrogens is 2. The zero-order chi connectivity index (χ0) is 20.6. The van der Waals surface area contributed by atoms with Crippen LogP contribution in [-0.4, -0.2) is 71.7 Å². The van der Waals surface area contributed by atoms with Crippen LogP contribution in [0.3, 0.4) is 0 Å². The van der Waals surface area contributed by atoms with Gasteiger partial charge in [-0.05, 0) is 42.3 Å². The lowest BCUT2D eigenvalue weighted by Gasteiger charge is -2.40. The number of thiophene rings is 1. The quantitative estimate of drug-likeness (QED) is 0.590. The number of morpholine rings is 1. The Morgan fingerprint density at radius 2 is 1.94 bits per heavy atom.